The second-order valence-electron chi connectivity index (χ2n) is 5.18. The molecular formula is C15H26N2O3S. The molecule has 1 aromatic rings. The van der Waals surface area contributed by atoms with E-state index in [0.29, 0.717) is 11.5 Å². The predicted octanol–water partition coefficient (Wildman–Crippen LogP) is 1.49. The Morgan fingerprint density at radius 3 is 2.43 bits per heavy atom. The highest BCUT2D eigenvalue weighted by atomic mass is 32.2. The molecule has 0 saturated heterocycles. The SMILES string of the molecule is CNCCCc1ccc(S(=O)(=O)N(C)C(C)COC)cc1. The first-order valence-corrected chi connectivity index (χ1v) is 8.58. The molecule has 5 nitrogen and oxygen atoms in total. The molecule has 0 spiro atoms. The van der Waals surface area contributed by atoms with Crippen LogP contribution in [0.15, 0.2) is 29.2 Å². The molecule has 0 saturated carbocycles. The van der Waals surface area contributed by atoms with Crippen LogP contribution in [0.5, 0.6) is 0 Å². The summed E-state index contributed by atoms with van der Waals surface area (Å²) in [6.45, 7) is 3.16. The average molecular weight is 314 g/mol. The maximum atomic E-state index is 12.5. The minimum absolute atomic E-state index is 0.199. The van der Waals surface area contributed by atoms with Gasteiger partial charge in [0.1, 0.15) is 0 Å². The fourth-order valence-electron chi connectivity index (χ4n) is 2.05. The topological polar surface area (TPSA) is 58.6 Å². The molecule has 0 heterocycles. The summed E-state index contributed by atoms with van der Waals surface area (Å²) in [7, 11) is 1.61. The number of nitrogens with one attached hydrogen (secondary N) is 1. The largest absolute Gasteiger partial charge is 0.383 e. The summed E-state index contributed by atoms with van der Waals surface area (Å²) in [6.07, 6.45) is 1.98. The van der Waals surface area contributed by atoms with Gasteiger partial charge in [0.25, 0.3) is 0 Å². The minimum atomic E-state index is -3.46. The zero-order chi connectivity index (χ0) is 15.9. The number of aryl methyl sites for hydroxylation is 1. The van der Waals surface area contributed by atoms with Crippen molar-refractivity contribution < 1.29 is 13.2 Å². The van der Waals surface area contributed by atoms with Gasteiger partial charge in [0.15, 0.2) is 0 Å². The average Bonchev–Trinajstić information content (AvgIpc) is 2.47. The summed E-state index contributed by atoms with van der Waals surface area (Å²) in [5.74, 6) is 0. The first-order chi connectivity index (χ1) is 9.93. The van der Waals surface area contributed by atoms with Gasteiger partial charge in [-0.3, -0.25) is 0 Å². The van der Waals surface area contributed by atoms with Crippen LogP contribution < -0.4 is 5.32 Å². The lowest BCUT2D eigenvalue weighted by molar-refractivity contribution is 0.149. The molecule has 1 unspecified atom stereocenters. The van der Waals surface area contributed by atoms with E-state index >= 15 is 0 Å². The Labute approximate surface area is 128 Å². The van der Waals surface area contributed by atoms with E-state index in [0.717, 1.165) is 24.9 Å². The van der Waals surface area contributed by atoms with Crippen LogP contribution in [0.2, 0.25) is 0 Å². The number of likely N-dealkylation sites (N-methyl/N-ethyl adjacent to an activating group) is 1. The molecule has 0 bridgehead atoms. The highest BCUT2D eigenvalue weighted by molar-refractivity contribution is 7.89. The van der Waals surface area contributed by atoms with Gasteiger partial charge >= 0.3 is 0 Å². The summed E-state index contributed by atoms with van der Waals surface area (Å²) in [6, 6.07) is 6.94. The van der Waals surface area contributed by atoms with Crippen molar-refractivity contribution in [1.29, 1.82) is 0 Å². The van der Waals surface area contributed by atoms with E-state index < -0.39 is 10.0 Å². The Morgan fingerprint density at radius 1 is 1.29 bits per heavy atom. The molecule has 1 rings (SSSR count). The van der Waals surface area contributed by atoms with Crippen molar-refractivity contribution in [2.24, 2.45) is 0 Å². The van der Waals surface area contributed by atoms with Crippen molar-refractivity contribution in [3.8, 4) is 0 Å². The first kappa shape index (κ1) is 18.1. The van der Waals surface area contributed by atoms with Crippen LogP contribution in [0.1, 0.15) is 18.9 Å². The van der Waals surface area contributed by atoms with Gasteiger partial charge in [-0.2, -0.15) is 4.31 Å². The standard InChI is InChI=1S/C15H26N2O3S/c1-13(12-20-4)17(3)21(18,19)15-9-7-14(8-10-15)6-5-11-16-2/h7-10,13,16H,5-6,11-12H2,1-4H3. The van der Waals surface area contributed by atoms with Crippen LogP contribution in [0.3, 0.4) is 0 Å². The molecule has 0 aliphatic carbocycles. The molecule has 21 heavy (non-hydrogen) atoms. The lowest BCUT2D eigenvalue weighted by atomic mass is 10.1. The molecule has 1 N–H and O–H groups in total. The number of nitrogens with zero attached hydrogens (tertiary/aromatic N) is 1. The lowest BCUT2D eigenvalue weighted by Gasteiger charge is -2.23. The van der Waals surface area contributed by atoms with Gasteiger partial charge in [0.2, 0.25) is 10.0 Å². The third-order valence-corrected chi connectivity index (χ3v) is 5.51. The zero-order valence-corrected chi connectivity index (χ0v) is 14.1. The van der Waals surface area contributed by atoms with Crippen LogP contribution in [0.4, 0.5) is 0 Å². The molecule has 6 heteroatoms. The molecule has 0 amide bonds. The van der Waals surface area contributed by atoms with E-state index in [1.807, 2.05) is 26.1 Å². The molecule has 0 aliphatic rings. The molecule has 1 aromatic carbocycles. The second-order valence-corrected chi connectivity index (χ2v) is 7.17. The Bertz CT molecular complexity index is 514. The van der Waals surface area contributed by atoms with E-state index in [2.05, 4.69) is 5.32 Å². The van der Waals surface area contributed by atoms with E-state index in [1.165, 1.54) is 4.31 Å². The number of methoxy groups -OCH3 is 1. The number of ether oxygens (including phenoxy) is 1. The number of hydrogen-bond acceptors (Lipinski definition) is 4. The van der Waals surface area contributed by atoms with Crippen molar-refractivity contribution in [2.45, 2.75) is 30.7 Å². The van der Waals surface area contributed by atoms with Gasteiger partial charge in [-0.25, -0.2) is 8.42 Å². The highest BCUT2D eigenvalue weighted by Gasteiger charge is 2.25. The van der Waals surface area contributed by atoms with Crippen LogP contribution in [0, 0.1) is 0 Å². The Hall–Kier alpha value is -0.950. The van der Waals surface area contributed by atoms with Crippen LogP contribution in [0.25, 0.3) is 0 Å². The quantitative estimate of drug-likeness (QED) is 0.702. The fraction of sp³-hybridized carbons (Fsp3) is 0.600. The smallest absolute Gasteiger partial charge is 0.243 e. The van der Waals surface area contributed by atoms with Gasteiger partial charge in [0.05, 0.1) is 11.5 Å². The van der Waals surface area contributed by atoms with Crippen molar-refractivity contribution in [3.63, 3.8) is 0 Å². The summed E-state index contributed by atoms with van der Waals surface area (Å²) < 4.78 is 31.3. The Morgan fingerprint density at radius 2 is 1.90 bits per heavy atom. The number of benzene rings is 1. The van der Waals surface area contributed by atoms with E-state index in [-0.39, 0.29) is 6.04 Å². The van der Waals surface area contributed by atoms with E-state index in [9.17, 15) is 8.42 Å². The van der Waals surface area contributed by atoms with E-state index in [1.54, 1.807) is 26.3 Å². The van der Waals surface area contributed by atoms with Gasteiger partial charge in [-0.1, -0.05) is 12.1 Å². The van der Waals surface area contributed by atoms with Crippen LogP contribution in [-0.4, -0.2) is 53.1 Å². The lowest BCUT2D eigenvalue weighted by Crippen LogP contribution is -2.37. The summed E-state index contributed by atoms with van der Waals surface area (Å²) >= 11 is 0. The minimum Gasteiger partial charge on any atom is -0.383 e. The van der Waals surface area contributed by atoms with Crippen molar-refractivity contribution in [2.75, 3.05) is 34.4 Å². The molecule has 1 atom stereocenters. The maximum absolute atomic E-state index is 12.5. The summed E-state index contributed by atoms with van der Waals surface area (Å²) in [5.41, 5.74) is 1.15. The monoisotopic (exact) mass is 314 g/mol. The van der Waals surface area contributed by atoms with Crippen LogP contribution in [-0.2, 0) is 21.2 Å². The third kappa shape index (κ3) is 5.07. The van der Waals surface area contributed by atoms with Crippen molar-refractivity contribution in [1.82, 2.24) is 9.62 Å². The van der Waals surface area contributed by atoms with Gasteiger partial charge < -0.3 is 10.1 Å². The first-order valence-electron chi connectivity index (χ1n) is 7.14. The Balaban J connectivity index is 2.79. The molecule has 0 aliphatic heterocycles. The van der Waals surface area contributed by atoms with Crippen molar-refractivity contribution in [3.05, 3.63) is 29.8 Å². The number of rotatable bonds is 9. The number of sulfonamides is 1. The molecule has 120 valence electrons. The predicted molar refractivity (Wildman–Crippen MR) is 85.0 cm³/mol. The maximum Gasteiger partial charge on any atom is 0.243 e. The van der Waals surface area contributed by atoms with Crippen LogP contribution >= 0.6 is 0 Å². The third-order valence-electron chi connectivity index (χ3n) is 3.52. The normalized spacial score (nSPS) is 13.6. The molecule has 0 fully saturated rings. The molecule has 0 radical (unpaired) electrons. The molecular weight excluding hydrogens is 288 g/mol. The zero-order valence-electron chi connectivity index (χ0n) is 13.3. The van der Waals surface area contributed by atoms with Crippen molar-refractivity contribution >= 4 is 10.0 Å². The van der Waals surface area contributed by atoms with E-state index in [4.69, 9.17) is 4.74 Å². The summed E-state index contributed by atoms with van der Waals surface area (Å²) in [5, 5.41) is 3.10. The highest BCUT2D eigenvalue weighted by Crippen LogP contribution is 2.18. The molecule has 0 aromatic heterocycles. The second kappa shape index (κ2) is 8.48. The summed E-state index contributed by atoms with van der Waals surface area (Å²) in [4.78, 5) is 0.324. The van der Waals surface area contributed by atoms with Gasteiger partial charge in [-0.15, -0.1) is 0 Å². The number of hydrogen-bond donors (Lipinski definition) is 1. The van der Waals surface area contributed by atoms with Gasteiger partial charge in [0, 0.05) is 20.2 Å². The van der Waals surface area contributed by atoms with Gasteiger partial charge in [-0.05, 0) is 51.1 Å². The Kier molecular flexibility index (Phi) is 7.31. The fourth-order valence-corrected chi connectivity index (χ4v) is 3.39.